The van der Waals surface area contributed by atoms with E-state index in [2.05, 4.69) is 10.3 Å². The first-order chi connectivity index (χ1) is 12.2. The van der Waals surface area contributed by atoms with Gasteiger partial charge in [-0.3, -0.25) is 14.7 Å². The normalized spacial score (nSPS) is 16.4. The van der Waals surface area contributed by atoms with Crippen LogP contribution in [-0.4, -0.2) is 41.6 Å². The van der Waals surface area contributed by atoms with E-state index in [1.54, 1.807) is 31.6 Å². The molecule has 0 spiro atoms. The minimum Gasteiger partial charge on any atom is -0.497 e. The van der Waals surface area contributed by atoms with Gasteiger partial charge in [-0.25, -0.2) is 4.79 Å². The van der Waals surface area contributed by atoms with Gasteiger partial charge in [0.25, 0.3) is 0 Å². The number of cyclic esters (lactones) is 1. The van der Waals surface area contributed by atoms with Crippen LogP contribution >= 0.6 is 0 Å². The lowest BCUT2D eigenvalue weighted by atomic mass is 10.2. The molecule has 7 nitrogen and oxygen atoms in total. The maximum Gasteiger partial charge on any atom is 0.410 e. The Labute approximate surface area is 145 Å². The van der Waals surface area contributed by atoms with Crippen LogP contribution in [0.25, 0.3) is 0 Å². The van der Waals surface area contributed by atoms with E-state index in [1.165, 1.54) is 4.90 Å². The maximum atomic E-state index is 12.5. The topological polar surface area (TPSA) is 80.8 Å². The molecule has 25 heavy (non-hydrogen) atoms. The predicted molar refractivity (Wildman–Crippen MR) is 89.8 cm³/mol. The highest BCUT2D eigenvalue weighted by molar-refractivity contribution is 5.87. The number of amides is 2. The molecule has 0 saturated carbocycles. The molecule has 0 radical (unpaired) electrons. The quantitative estimate of drug-likeness (QED) is 0.865. The van der Waals surface area contributed by atoms with Crippen LogP contribution in [0.2, 0.25) is 0 Å². The van der Waals surface area contributed by atoms with Crippen LogP contribution < -0.4 is 10.1 Å². The first-order valence-electron chi connectivity index (χ1n) is 7.90. The zero-order chi connectivity index (χ0) is 17.6. The average Bonchev–Trinajstić information content (AvgIpc) is 3.01. The molecule has 1 saturated heterocycles. The second-order valence-electron chi connectivity index (χ2n) is 5.64. The molecule has 1 aromatic carbocycles. The maximum absolute atomic E-state index is 12.5. The summed E-state index contributed by atoms with van der Waals surface area (Å²) in [6, 6.07) is 10.4. The summed E-state index contributed by atoms with van der Waals surface area (Å²) in [7, 11) is 1.60. The van der Waals surface area contributed by atoms with Gasteiger partial charge in [-0.15, -0.1) is 0 Å². The number of carbonyl (C=O) groups is 2. The molecular weight excluding hydrogens is 322 g/mol. The van der Waals surface area contributed by atoms with Crippen molar-refractivity contribution < 1.29 is 19.1 Å². The molecule has 0 bridgehead atoms. The Morgan fingerprint density at radius 3 is 2.64 bits per heavy atom. The number of nitrogens with one attached hydrogen (secondary N) is 1. The number of rotatable bonds is 6. The molecule has 1 aliphatic heterocycles. The highest BCUT2D eigenvalue weighted by Gasteiger charge is 2.37. The first-order valence-corrected chi connectivity index (χ1v) is 7.90. The van der Waals surface area contributed by atoms with E-state index in [0.717, 1.165) is 16.9 Å². The van der Waals surface area contributed by atoms with Crippen LogP contribution in [0.3, 0.4) is 0 Å². The molecular formula is C18H19N3O4. The van der Waals surface area contributed by atoms with Crippen LogP contribution in [0.4, 0.5) is 4.79 Å². The summed E-state index contributed by atoms with van der Waals surface area (Å²) >= 11 is 0. The van der Waals surface area contributed by atoms with Crippen LogP contribution in [-0.2, 0) is 22.6 Å². The van der Waals surface area contributed by atoms with Crippen molar-refractivity contribution in [2.24, 2.45) is 0 Å². The van der Waals surface area contributed by atoms with Gasteiger partial charge in [0.2, 0.25) is 5.91 Å². The number of hydrogen-bond acceptors (Lipinski definition) is 5. The van der Waals surface area contributed by atoms with Gasteiger partial charge in [-0.2, -0.15) is 0 Å². The molecule has 0 unspecified atom stereocenters. The molecule has 3 rings (SSSR count). The summed E-state index contributed by atoms with van der Waals surface area (Å²) in [6.45, 7) is 0.733. The molecule has 1 aromatic heterocycles. The number of ether oxygens (including phenoxy) is 2. The summed E-state index contributed by atoms with van der Waals surface area (Å²) in [5.74, 6) is 0.518. The first kappa shape index (κ1) is 16.8. The lowest BCUT2D eigenvalue weighted by molar-refractivity contribution is -0.125. The minimum atomic E-state index is -0.640. The summed E-state index contributed by atoms with van der Waals surface area (Å²) in [6.07, 6.45) is 2.81. The molecule has 0 aliphatic carbocycles. The number of nitrogens with zero attached hydrogens (tertiary/aromatic N) is 2. The largest absolute Gasteiger partial charge is 0.497 e. The van der Waals surface area contributed by atoms with Crippen molar-refractivity contribution in [3.63, 3.8) is 0 Å². The standard InChI is InChI=1S/C18H19N3O4/c1-24-15-4-2-13(3-5-15)10-20-17(22)16-12-25-18(23)21(16)11-14-6-8-19-9-7-14/h2-9,16H,10-12H2,1H3,(H,20,22)/t16-/m0/s1. The molecule has 2 heterocycles. The van der Waals surface area contributed by atoms with Crippen molar-refractivity contribution in [1.29, 1.82) is 0 Å². The fourth-order valence-corrected chi connectivity index (χ4v) is 2.58. The zero-order valence-corrected chi connectivity index (χ0v) is 13.8. The van der Waals surface area contributed by atoms with Crippen LogP contribution in [0, 0.1) is 0 Å². The molecule has 1 atom stereocenters. The van der Waals surface area contributed by atoms with E-state index in [9.17, 15) is 9.59 Å². The molecule has 1 fully saturated rings. The van der Waals surface area contributed by atoms with Crippen molar-refractivity contribution >= 4 is 12.0 Å². The SMILES string of the molecule is COc1ccc(CNC(=O)[C@@H]2COC(=O)N2Cc2ccncc2)cc1. The van der Waals surface area contributed by atoms with Crippen molar-refractivity contribution in [3.05, 3.63) is 59.9 Å². The highest BCUT2D eigenvalue weighted by Crippen LogP contribution is 2.17. The molecule has 1 N–H and O–H groups in total. The van der Waals surface area contributed by atoms with Gasteiger partial charge in [0.05, 0.1) is 13.7 Å². The van der Waals surface area contributed by atoms with E-state index in [1.807, 2.05) is 24.3 Å². The molecule has 130 valence electrons. The van der Waals surface area contributed by atoms with Gasteiger partial charge in [0, 0.05) is 18.9 Å². The van der Waals surface area contributed by atoms with Crippen LogP contribution in [0.5, 0.6) is 5.75 Å². The molecule has 2 amide bonds. The number of aromatic nitrogens is 1. The number of methoxy groups -OCH3 is 1. The Morgan fingerprint density at radius 1 is 1.24 bits per heavy atom. The van der Waals surface area contributed by atoms with E-state index < -0.39 is 12.1 Å². The van der Waals surface area contributed by atoms with E-state index in [-0.39, 0.29) is 12.5 Å². The number of pyridine rings is 1. The fourth-order valence-electron chi connectivity index (χ4n) is 2.58. The fraction of sp³-hybridized carbons (Fsp3) is 0.278. The Morgan fingerprint density at radius 2 is 1.96 bits per heavy atom. The van der Waals surface area contributed by atoms with Crippen molar-refractivity contribution in [2.75, 3.05) is 13.7 Å². The molecule has 1 aliphatic rings. The Hall–Kier alpha value is -3.09. The Kier molecular flexibility index (Phi) is 5.13. The number of carbonyl (C=O) groups excluding carboxylic acids is 2. The van der Waals surface area contributed by atoms with Crippen molar-refractivity contribution in [1.82, 2.24) is 15.2 Å². The average molecular weight is 341 g/mol. The number of hydrogen-bond donors (Lipinski definition) is 1. The summed E-state index contributed by atoms with van der Waals surface area (Å²) in [5.41, 5.74) is 1.84. The van der Waals surface area contributed by atoms with Crippen molar-refractivity contribution in [3.8, 4) is 5.75 Å². The minimum absolute atomic E-state index is 0.0539. The second kappa shape index (κ2) is 7.65. The third-order valence-corrected chi connectivity index (χ3v) is 4.01. The number of benzene rings is 1. The van der Waals surface area contributed by atoms with Crippen LogP contribution in [0.1, 0.15) is 11.1 Å². The summed E-state index contributed by atoms with van der Waals surface area (Å²) < 4.78 is 10.2. The third-order valence-electron chi connectivity index (χ3n) is 4.01. The summed E-state index contributed by atoms with van der Waals surface area (Å²) in [4.78, 5) is 29.8. The lowest BCUT2D eigenvalue weighted by Crippen LogP contribution is -2.45. The Bertz CT molecular complexity index is 734. The monoisotopic (exact) mass is 341 g/mol. The Balaban J connectivity index is 1.60. The van der Waals surface area contributed by atoms with Gasteiger partial charge in [-0.05, 0) is 35.4 Å². The molecule has 7 heteroatoms. The highest BCUT2D eigenvalue weighted by atomic mass is 16.6. The summed E-state index contributed by atoms with van der Waals surface area (Å²) in [5, 5.41) is 2.85. The lowest BCUT2D eigenvalue weighted by Gasteiger charge is -2.20. The van der Waals surface area contributed by atoms with Crippen LogP contribution in [0.15, 0.2) is 48.8 Å². The van der Waals surface area contributed by atoms with Crippen molar-refractivity contribution in [2.45, 2.75) is 19.1 Å². The van der Waals surface area contributed by atoms with Gasteiger partial charge >= 0.3 is 6.09 Å². The molecule has 2 aromatic rings. The second-order valence-corrected chi connectivity index (χ2v) is 5.64. The van der Waals surface area contributed by atoms with Gasteiger partial charge in [0.15, 0.2) is 0 Å². The van der Waals surface area contributed by atoms with Gasteiger partial charge < -0.3 is 14.8 Å². The van der Waals surface area contributed by atoms with E-state index in [0.29, 0.717) is 13.1 Å². The van der Waals surface area contributed by atoms with Gasteiger partial charge in [0.1, 0.15) is 18.4 Å². The van der Waals surface area contributed by atoms with E-state index in [4.69, 9.17) is 9.47 Å². The third kappa shape index (κ3) is 4.06. The van der Waals surface area contributed by atoms with E-state index >= 15 is 0 Å². The van der Waals surface area contributed by atoms with Gasteiger partial charge in [-0.1, -0.05) is 12.1 Å². The predicted octanol–water partition coefficient (Wildman–Crippen LogP) is 1.73. The zero-order valence-electron chi connectivity index (χ0n) is 13.8. The smallest absolute Gasteiger partial charge is 0.410 e.